The van der Waals surface area contributed by atoms with E-state index in [9.17, 15) is 9.59 Å². The number of amides is 1. The van der Waals surface area contributed by atoms with E-state index in [1.165, 1.54) is 14.2 Å². The van der Waals surface area contributed by atoms with Crippen molar-refractivity contribution in [3.63, 3.8) is 0 Å². The number of ether oxygens (including phenoxy) is 1. The maximum Gasteiger partial charge on any atom is 0.292 e. The van der Waals surface area contributed by atoms with Crippen molar-refractivity contribution in [3.05, 3.63) is 28.2 Å². The van der Waals surface area contributed by atoms with Gasteiger partial charge in [0, 0.05) is 12.6 Å². The van der Waals surface area contributed by atoms with E-state index in [-0.39, 0.29) is 0 Å². The Bertz CT molecular complexity index is 404. The van der Waals surface area contributed by atoms with Gasteiger partial charge in [0.15, 0.2) is 0 Å². The second-order valence-corrected chi connectivity index (χ2v) is 3.61. The Morgan fingerprint density at radius 1 is 1.40 bits per heavy atom. The SMILES string of the molecule is CNC(=O)C(=O)c1ccc(OC)c(Br)c1. The fourth-order valence-electron chi connectivity index (χ4n) is 1.05. The van der Waals surface area contributed by atoms with Gasteiger partial charge in [-0.2, -0.15) is 0 Å². The Morgan fingerprint density at radius 2 is 2.07 bits per heavy atom. The lowest BCUT2D eigenvalue weighted by atomic mass is 10.1. The van der Waals surface area contributed by atoms with Crippen molar-refractivity contribution < 1.29 is 14.3 Å². The van der Waals surface area contributed by atoms with Crippen LogP contribution in [0.5, 0.6) is 5.75 Å². The molecule has 0 saturated carbocycles. The number of methoxy groups -OCH3 is 1. The minimum absolute atomic E-state index is 0.321. The minimum atomic E-state index is -0.632. The van der Waals surface area contributed by atoms with E-state index in [0.717, 1.165) is 0 Å². The summed E-state index contributed by atoms with van der Waals surface area (Å²) in [5.41, 5.74) is 0.321. The Balaban J connectivity index is 3.02. The number of hydrogen-bond acceptors (Lipinski definition) is 3. The fraction of sp³-hybridized carbons (Fsp3) is 0.200. The van der Waals surface area contributed by atoms with E-state index in [1.807, 2.05) is 0 Å². The maximum atomic E-state index is 11.5. The standard InChI is InChI=1S/C10H10BrNO3/c1-12-10(14)9(13)6-3-4-8(15-2)7(11)5-6/h3-5H,1-2H3,(H,12,14). The van der Waals surface area contributed by atoms with Crippen LogP contribution in [0, 0.1) is 0 Å². The largest absolute Gasteiger partial charge is 0.496 e. The normalized spacial score (nSPS) is 9.53. The third-order valence-corrected chi connectivity index (χ3v) is 2.47. The number of ketones is 1. The van der Waals surface area contributed by atoms with Gasteiger partial charge in [-0.25, -0.2) is 0 Å². The molecule has 1 N–H and O–H groups in total. The summed E-state index contributed by atoms with van der Waals surface area (Å²) >= 11 is 3.24. The smallest absolute Gasteiger partial charge is 0.292 e. The van der Waals surface area contributed by atoms with Crippen LogP contribution in [0.4, 0.5) is 0 Å². The molecule has 4 nitrogen and oxygen atoms in total. The van der Waals surface area contributed by atoms with E-state index in [2.05, 4.69) is 21.2 Å². The number of nitrogens with one attached hydrogen (secondary N) is 1. The molecule has 0 heterocycles. The van der Waals surface area contributed by atoms with Crippen LogP contribution in [0.25, 0.3) is 0 Å². The van der Waals surface area contributed by atoms with Crippen LogP contribution in [0.2, 0.25) is 0 Å². The second kappa shape index (κ2) is 4.93. The highest BCUT2D eigenvalue weighted by Gasteiger charge is 2.15. The summed E-state index contributed by atoms with van der Waals surface area (Å²) in [7, 11) is 2.94. The van der Waals surface area contributed by atoms with Crippen molar-refractivity contribution >= 4 is 27.6 Å². The van der Waals surface area contributed by atoms with Crippen LogP contribution in [0.3, 0.4) is 0 Å². The summed E-state index contributed by atoms with van der Waals surface area (Å²) in [6, 6.07) is 4.72. The first-order valence-corrected chi connectivity index (χ1v) is 4.99. The fourth-order valence-corrected chi connectivity index (χ4v) is 1.59. The molecule has 80 valence electrons. The predicted molar refractivity (Wildman–Crippen MR) is 59.1 cm³/mol. The van der Waals surface area contributed by atoms with Gasteiger partial charge < -0.3 is 10.1 Å². The van der Waals surface area contributed by atoms with Crippen LogP contribution < -0.4 is 10.1 Å². The maximum absolute atomic E-state index is 11.5. The highest BCUT2D eigenvalue weighted by Crippen LogP contribution is 2.25. The number of rotatable bonds is 3. The Labute approximate surface area is 95.7 Å². The summed E-state index contributed by atoms with van der Waals surface area (Å²) < 4.78 is 5.65. The summed E-state index contributed by atoms with van der Waals surface area (Å²) in [4.78, 5) is 22.5. The zero-order chi connectivity index (χ0) is 11.4. The van der Waals surface area contributed by atoms with Gasteiger partial charge in [-0.1, -0.05) is 0 Å². The van der Waals surface area contributed by atoms with Gasteiger partial charge in [0.2, 0.25) is 5.78 Å². The molecule has 0 bridgehead atoms. The molecule has 15 heavy (non-hydrogen) atoms. The molecule has 0 aliphatic carbocycles. The van der Waals surface area contributed by atoms with Gasteiger partial charge in [-0.05, 0) is 34.1 Å². The molecule has 0 fully saturated rings. The quantitative estimate of drug-likeness (QED) is 0.668. The zero-order valence-electron chi connectivity index (χ0n) is 8.33. The molecule has 0 aliphatic rings. The minimum Gasteiger partial charge on any atom is -0.496 e. The zero-order valence-corrected chi connectivity index (χ0v) is 9.92. The number of Topliss-reactive ketones (excluding diaryl/α,β-unsaturated/α-hetero) is 1. The van der Waals surface area contributed by atoms with Crippen LogP contribution >= 0.6 is 15.9 Å². The molecule has 0 saturated heterocycles. The molecular formula is C10H10BrNO3. The summed E-state index contributed by atoms with van der Waals surface area (Å²) in [5, 5.41) is 2.28. The van der Waals surface area contributed by atoms with Crippen molar-refractivity contribution in [2.24, 2.45) is 0 Å². The van der Waals surface area contributed by atoms with Crippen LogP contribution in [-0.2, 0) is 4.79 Å². The molecule has 0 atom stereocenters. The Hall–Kier alpha value is -1.36. The molecule has 0 unspecified atom stereocenters. The summed E-state index contributed by atoms with van der Waals surface area (Å²) in [5.74, 6) is -0.587. The topological polar surface area (TPSA) is 55.4 Å². The van der Waals surface area contributed by atoms with Crippen LogP contribution in [0.1, 0.15) is 10.4 Å². The summed E-state index contributed by atoms with van der Waals surface area (Å²) in [6.07, 6.45) is 0. The van der Waals surface area contributed by atoms with Gasteiger partial charge in [-0.15, -0.1) is 0 Å². The van der Waals surface area contributed by atoms with Crippen LogP contribution in [0.15, 0.2) is 22.7 Å². The van der Waals surface area contributed by atoms with E-state index < -0.39 is 11.7 Å². The van der Waals surface area contributed by atoms with Crippen molar-refractivity contribution in [1.82, 2.24) is 5.32 Å². The first-order chi connectivity index (χ1) is 7.10. The third-order valence-electron chi connectivity index (χ3n) is 1.85. The number of halogens is 1. The highest BCUT2D eigenvalue weighted by molar-refractivity contribution is 9.10. The first-order valence-electron chi connectivity index (χ1n) is 4.20. The molecule has 0 aromatic heterocycles. The number of hydrogen-bond donors (Lipinski definition) is 1. The monoisotopic (exact) mass is 271 g/mol. The van der Waals surface area contributed by atoms with Crippen molar-refractivity contribution in [2.75, 3.05) is 14.2 Å². The first kappa shape index (κ1) is 11.7. The lowest BCUT2D eigenvalue weighted by molar-refractivity contribution is -0.116. The molecular weight excluding hydrogens is 262 g/mol. The summed E-state index contributed by atoms with van der Waals surface area (Å²) in [6.45, 7) is 0. The molecule has 1 aromatic carbocycles. The number of likely N-dealkylation sites (N-methyl/N-ethyl adjacent to an activating group) is 1. The molecule has 5 heteroatoms. The van der Waals surface area contributed by atoms with Gasteiger partial charge >= 0.3 is 0 Å². The van der Waals surface area contributed by atoms with Crippen molar-refractivity contribution in [2.45, 2.75) is 0 Å². The number of carbonyl (C=O) groups is 2. The number of carbonyl (C=O) groups excluding carboxylic acids is 2. The van der Waals surface area contributed by atoms with E-state index in [1.54, 1.807) is 18.2 Å². The van der Waals surface area contributed by atoms with Gasteiger partial charge in [-0.3, -0.25) is 9.59 Å². The molecule has 1 amide bonds. The average molecular weight is 272 g/mol. The predicted octanol–water partition coefficient (Wildman–Crippen LogP) is 1.39. The molecule has 0 spiro atoms. The van der Waals surface area contributed by atoms with E-state index in [4.69, 9.17) is 4.74 Å². The van der Waals surface area contributed by atoms with Crippen molar-refractivity contribution in [1.29, 1.82) is 0 Å². The lowest BCUT2D eigenvalue weighted by Crippen LogP contribution is -2.27. The number of benzene rings is 1. The van der Waals surface area contributed by atoms with E-state index >= 15 is 0 Å². The average Bonchev–Trinajstić information content (AvgIpc) is 2.26. The molecule has 1 aromatic rings. The second-order valence-electron chi connectivity index (χ2n) is 2.76. The third kappa shape index (κ3) is 2.56. The Kier molecular flexibility index (Phi) is 3.85. The molecule has 0 radical (unpaired) electrons. The van der Waals surface area contributed by atoms with Crippen molar-refractivity contribution in [3.8, 4) is 5.75 Å². The van der Waals surface area contributed by atoms with Gasteiger partial charge in [0.05, 0.1) is 11.6 Å². The van der Waals surface area contributed by atoms with Gasteiger partial charge in [0.1, 0.15) is 5.75 Å². The van der Waals surface area contributed by atoms with Crippen LogP contribution in [-0.4, -0.2) is 25.8 Å². The molecule has 0 aliphatic heterocycles. The van der Waals surface area contributed by atoms with E-state index in [0.29, 0.717) is 15.8 Å². The highest BCUT2D eigenvalue weighted by atomic mass is 79.9. The Morgan fingerprint density at radius 3 is 2.53 bits per heavy atom. The lowest BCUT2D eigenvalue weighted by Gasteiger charge is -2.04. The van der Waals surface area contributed by atoms with Gasteiger partial charge in [0.25, 0.3) is 5.91 Å². The molecule has 1 rings (SSSR count).